The smallest absolute Gasteiger partial charge is 0.189 e. The fraction of sp³-hybridized carbons (Fsp3) is 0.667. The van der Waals surface area contributed by atoms with Gasteiger partial charge in [0.2, 0.25) is 0 Å². The molecule has 0 aliphatic rings. The molecule has 84 valence electrons. The lowest BCUT2D eigenvalue weighted by Crippen LogP contribution is -2.45. The molecule has 1 heterocycles. The highest BCUT2D eigenvalue weighted by Crippen LogP contribution is 1.98. The Balaban J connectivity index is 2.55. The van der Waals surface area contributed by atoms with Gasteiger partial charge in [-0.1, -0.05) is 0 Å². The topological polar surface area (TPSA) is 81.1 Å². The van der Waals surface area contributed by atoms with E-state index in [2.05, 4.69) is 20.5 Å². The van der Waals surface area contributed by atoms with Crippen molar-refractivity contribution in [1.82, 2.24) is 20.1 Å². The third-order valence-electron chi connectivity index (χ3n) is 1.70. The molecule has 1 aromatic rings. The first-order valence-corrected chi connectivity index (χ1v) is 4.79. The van der Waals surface area contributed by atoms with Crippen LogP contribution in [0.5, 0.6) is 0 Å². The monoisotopic (exact) mass is 210 g/mol. The Morgan fingerprint density at radius 1 is 1.60 bits per heavy atom. The van der Waals surface area contributed by atoms with Gasteiger partial charge in [0.05, 0.1) is 0 Å². The van der Waals surface area contributed by atoms with Gasteiger partial charge in [-0.2, -0.15) is 0 Å². The van der Waals surface area contributed by atoms with E-state index < -0.39 is 0 Å². The van der Waals surface area contributed by atoms with Gasteiger partial charge in [-0.15, -0.1) is 10.2 Å². The molecule has 0 amide bonds. The van der Waals surface area contributed by atoms with Gasteiger partial charge in [0, 0.05) is 12.6 Å². The Hall–Kier alpha value is -1.59. The molecule has 0 radical (unpaired) electrons. The summed E-state index contributed by atoms with van der Waals surface area (Å²) < 4.78 is 1.81. The number of aryl methyl sites for hydroxylation is 1. The van der Waals surface area contributed by atoms with Crippen LogP contribution in [0.25, 0.3) is 0 Å². The van der Waals surface area contributed by atoms with Gasteiger partial charge in [-0.05, 0) is 20.8 Å². The number of hydrogen-bond donors (Lipinski definition) is 2. The molecule has 1 aromatic heterocycles. The number of hydrogen-bond acceptors (Lipinski definition) is 3. The Kier molecular flexibility index (Phi) is 3.28. The van der Waals surface area contributed by atoms with E-state index in [9.17, 15) is 0 Å². The maximum atomic E-state index is 5.71. The standard InChI is InChI=1S/C9H18N6/c1-9(2,3)13-8(10)11-5-7-14-12-6-15(7)4/h6H,5H2,1-4H3,(H3,10,11,13). The number of nitrogens with one attached hydrogen (secondary N) is 1. The third-order valence-corrected chi connectivity index (χ3v) is 1.70. The number of aromatic nitrogens is 3. The summed E-state index contributed by atoms with van der Waals surface area (Å²) in [6, 6.07) is 0. The highest BCUT2D eigenvalue weighted by atomic mass is 15.3. The number of guanidine groups is 1. The quantitative estimate of drug-likeness (QED) is 0.532. The number of rotatable bonds is 2. The molecule has 0 unspecified atom stereocenters. The Labute approximate surface area is 89.6 Å². The van der Waals surface area contributed by atoms with Crippen molar-refractivity contribution >= 4 is 5.96 Å². The highest BCUT2D eigenvalue weighted by Gasteiger charge is 2.09. The van der Waals surface area contributed by atoms with Gasteiger partial charge in [-0.3, -0.25) is 0 Å². The molecule has 6 nitrogen and oxygen atoms in total. The first-order valence-electron chi connectivity index (χ1n) is 4.79. The Bertz CT molecular complexity index is 346. The van der Waals surface area contributed by atoms with Crippen molar-refractivity contribution in [3.05, 3.63) is 12.2 Å². The van der Waals surface area contributed by atoms with E-state index in [4.69, 9.17) is 5.73 Å². The summed E-state index contributed by atoms with van der Waals surface area (Å²) in [6.45, 7) is 6.51. The zero-order valence-electron chi connectivity index (χ0n) is 9.65. The largest absolute Gasteiger partial charge is 0.370 e. The molecule has 0 fully saturated rings. The van der Waals surface area contributed by atoms with Crippen molar-refractivity contribution in [2.45, 2.75) is 32.9 Å². The van der Waals surface area contributed by atoms with Gasteiger partial charge in [-0.25, -0.2) is 4.99 Å². The van der Waals surface area contributed by atoms with Crippen LogP contribution in [0.4, 0.5) is 0 Å². The Morgan fingerprint density at radius 2 is 2.27 bits per heavy atom. The summed E-state index contributed by atoms with van der Waals surface area (Å²) in [5, 5.41) is 10.7. The summed E-state index contributed by atoms with van der Waals surface area (Å²) in [4.78, 5) is 4.17. The fourth-order valence-corrected chi connectivity index (χ4v) is 1.03. The van der Waals surface area contributed by atoms with Crippen molar-refractivity contribution in [3.8, 4) is 0 Å². The highest BCUT2D eigenvalue weighted by molar-refractivity contribution is 5.78. The number of nitrogens with two attached hydrogens (primary N) is 1. The van der Waals surface area contributed by atoms with Crippen molar-refractivity contribution < 1.29 is 0 Å². The van der Waals surface area contributed by atoms with Crippen LogP contribution in [0.2, 0.25) is 0 Å². The third kappa shape index (κ3) is 3.97. The molecule has 1 rings (SSSR count). The molecule has 0 saturated carbocycles. The molecule has 0 saturated heterocycles. The molecular formula is C9H18N6. The van der Waals surface area contributed by atoms with E-state index in [1.54, 1.807) is 6.33 Å². The van der Waals surface area contributed by atoms with Crippen LogP contribution >= 0.6 is 0 Å². The second kappa shape index (κ2) is 4.29. The summed E-state index contributed by atoms with van der Waals surface area (Å²) in [7, 11) is 1.87. The molecule has 0 spiro atoms. The van der Waals surface area contributed by atoms with Crippen molar-refractivity contribution in [1.29, 1.82) is 0 Å². The maximum Gasteiger partial charge on any atom is 0.189 e. The molecule has 0 atom stereocenters. The van der Waals surface area contributed by atoms with Crippen molar-refractivity contribution in [2.24, 2.45) is 17.8 Å². The van der Waals surface area contributed by atoms with Crippen LogP contribution in [-0.4, -0.2) is 26.3 Å². The normalized spacial score (nSPS) is 12.9. The summed E-state index contributed by atoms with van der Waals surface area (Å²) >= 11 is 0. The van der Waals surface area contributed by atoms with Crippen LogP contribution in [-0.2, 0) is 13.6 Å². The maximum absolute atomic E-state index is 5.71. The second-order valence-corrected chi connectivity index (χ2v) is 4.43. The lowest BCUT2D eigenvalue weighted by Gasteiger charge is -2.20. The minimum absolute atomic E-state index is 0.0759. The molecule has 0 bridgehead atoms. The molecule has 3 N–H and O–H groups in total. The van der Waals surface area contributed by atoms with Gasteiger partial charge < -0.3 is 15.6 Å². The molecule has 0 aliphatic carbocycles. The average Bonchev–Trinajstić information content (AvgIpc) is 2.44. The molecule has 15 heavy (non-hydrogen) atoms. The van der Waals surface area contributed by atoms with Gasteiger partial charge in [0.15, 0.2) is 11.8 Å². The zero-order valence-corrected chi connectivity index (χ0v) is 9.65. The second-order valence-electron chi connectivity index (χ2n) is 4.43. The van der Waals surface area contributed by atoms with E-state index in [-0.39, 0.29) is 5.54 Å². The van der Waals surface area contributed by atoms with E-state index in [1.807, 2.05) is 32.4 Å². The zero-order chi connectivity index (χ0) is 11.5. The molecule has 6 heteroatoms. The minimum Gasteiger partial charge on any atom is -0.370 e. The average molecular weight is 210 g/mol. The first kappa shape index (κ1) is 11.5. The van der Waals surface area contributed by atoms with E-state index in [1.165, 1.54) is 0 Å². The van der Waals surface area contributed by atoms with Crippen molar-refractivity contribution in [2.75, 3.05) is 0 Å². The molecular weight excluding hydrogens is 192 g/mol. The van der Waals surface area contributed by atoms with Crippen LogP contribution in [0, 0.1) is 0 Å². The number of nitrogens with zero attached hydrogens (tertiary/aromatic N) is 4. The minimum atomic E-state index is -0.0759. The van der Waals surface area contributed by atoms with Crippen LogP contribution in [0.15, 0.2) is 11.3 Å². The lowest BCUT2D eigenvalue weighted by molar-refractivity contribution is 0.508. The first-order chi connectivity index (χ1) is 6.88. The van der Waals surface area contributed by atoms with Gasteiger partial charge in [0.25, 0.3) is 0 Å². The van der Waals surface area contributed by atoms with Crippen LogP contribution in [0.3, 0.4) is 0 Å². The summed E-state index contributed by atoms with van der Waals surface area (Å²) in [5.74, 6) is 1.21. The van der Waals surface area contributed by atoms with E-state index in [0.29, 0.717) is 12.5 Å². The molecule has 0 aliphatic heterocycles. The van der Waals surface area contributed by atoms with Crippen LogP contribution < -0.4 is 11.1 Å². The molecule has 0 aromatic carbocycles. The fourth-order valence-electron chi connectivity index (χ4n) is 1.03. The van der Waals surface area contributed by atoms with Crippen molar-refractivity contribution in [3.63, 3.8) is 0 Å². The summed E-state index contributed by atoms with van der Waals surface area (Å²) in [5.41, 5.74) is 5.63. The number of aliphatic imine (C=N–C) groups is 1. The predicted molar refractivity (Wildman–Crippen MR) is 59.2 cm³/mol. The van der Waals surface area contributed by atoms with Crippen LogP contribution in [0.1, 0.15) is 26.6 Å². The lowest BCUT2D eigenvalue weighted by atomic mass is 10.1. The van der Waals surface area contributed by atoms with E-state index >= 15 is 0 Å². The van der Waals surface area contributed by atoms with Gasteiger partial charge in [0.1, 0.15) is 12.9 Å². The SMILES string of the molecule is Cn1cnnc1CN=C(N)NC(C)(C)C. The van der Waals surface area contributed by atoms with E-state index in [0.717, 1.165) is 5.82 Å². The van der Waals surface area contributed by atoms with Gasteiger partial charge >= 0.3 is 0 Å². The Morgan fingerprint density at radius 3 is 2.73 bits per heavy atom. The summed E-state index contributed by atoms with van der Waals surface area (Å²) in [6.07, 6.45) is 1.64. The predicted octanol–water partition coefficient (Wildman–Crippen LogP) is 0.0179.